The zero-order valence-corrected chi connectivity index (χ0v) is 13.3. The summed E-state index contributed by atoms with van der Waals surface area (Å²) in [4.78, 5) is 0. The lowest BCUT2D eigenvalue weighted by Gasteiger charge is -2.13. The maximum atomic E-state index is 5.52. The van der Waals surface area contributed by atoms with Gasteiger partial charge in [0, 0.05) is 5.56 Å². The summed E-state index contributed by atoms with van der Waals surface area (Å²) in [5.74, 6) is 1.69. The van der Waals surface area contributed by atoms with Crippen LogP contribution in [0.25, 0.3) is 11.1 Å². The molecule has 0 spiro atoms. The predicted octanol–water partition coefficient (Wildman–Crippen LogP) is 4.83. The van der Waals surface area contributed by atoms with Crippen LogP contribution in [0.3, 0.4) is 0 Å². The van der Waals surface area contributed by atoms with Crippen molar-refractivity contribution in [2.45, 2.75) is 12.8 Å². The zero-order chi connectivity index (χ0) is 15.9. The molecular weight excluding hydrogens is 272 g/mol. The Morgan fingerprint density at radius 2 is 1.59 bits per heavy atom. The van der Waals surface area contributed by atoms with Crippen molar-refractivity contribution in [3.63, 3.8) is 0 Å². The van der Waals surface area contributed by atoms with Gasteiger partial charge in [-0.3, -0.25) is 0 Å². The van der Waals surface area contributed by atoms with Gasteiger partial charge in [0.25, 0.3) is 0 Å². The van der Waals surface area contributed by atoms with Crippen LogP contribution in [-0.4, -0.2) is 14.2 Å². The monoisotopic (exact) mass is 294 g/mol. The molecule has 2 nitrogen and oxygen atoms in total. The molecule has 0 saturated heterocycles. The van der Waals surface area contributed by atoms with E-state index >= 15 is 0 Å². The summed E-state index contributed by atoms with van der Waals surface area (Å²) in [6.45, 7) is 7.61. The van der Waals surface area contributed by atoms with Crippen molar-refractivity contribution < 1.29 is 9.47 Å². The summed E-state index contributed by atoms with van der Waals surface area (Å²) in [7, 11) is 3.37. The van der Waals surface area contributed by atoms with Gasteiger partial charge >= 0.3 is 0 Å². The van der Waals surface area contributed by atoms with Crippen molar-refractivity contribution in [2.24, 2.45) is 0 Å². The van der Waals surface area contributed by atoms with Crippen LogP contribution in [-0.2, 0) is 12.8 Å². The van der Waals surface area contributed by atoms with E-state index in [1.165, 1.54) is 11.1 Å². The van der Waals surface area contributed by atoms with Gasteiger partial charge in [-0.15, -0.1) is 13.2 Å². The summed E-state index contributed by atoms with van der Waals surface area (Å²) >= 11 is 0. The van der Waals surface area contributed by atoms with Gasteiger partial charge < -0.3 is 9.47 Å². The summed E-state index contributed by atoms with van der Waals surface area (Å²) in [5, 5.41) is 0. The lowest BCUT2D eigenvalue weighted by molar-refractivity contribution is 0.413. The fraction of sp³-hybridized carbons (Fsp3) is 0.200. The second-order valence-corrected chi connectivity index (χ2v) is 5.09. The molecule has 0 amide bonds. The third-order valence-corrected chi connectivity index (χ3v) is 3.54. The first-order valence-corrected chi connectivity index (χ1v) is 7.28. The van der Waals surface area contributed by atoms with Gasteiger partial charge in [-0.05, 0) is 53.8 Å². The highest BCUT2D eigenvalue weighted by Crippen LogP contribution is 2.34. The highest BCUT2D eigenvalue weighted by Gasteiger charge is 2.09. The average Bonchev–Trinajstić information content (AvgIpc) is 2.55. The Bertz CT molecular complexity index is 671. The fourth-order valence-corrected chi connectivity index (χ4v) is 2.49. The maximum absolute atomic E-state index is 5.52. The first-order chi connectivity index (χ1) is 10.7. The average molecular weight is 294 g/mol. The Kier molecular flexibility index (Phi) is 5.42. The molecule has 0 heterocycles. The first kappa shape index (κ1) is 15.9. The molecule has 0 radical (unpaired) electrons. The highest BCUT2D eigenvalue weighted by molar-refractivity contribution is 5.73. The van der Waals surface area contributed by atoms with Crippen molar-refractivity contribution in [3.8, 4) is 22.6 Å². The predicted molar refractivity (Wildman–Crippen MR) is 92.8 cm³/mol. The fourth-order valence-electron chi connectivity index (χ4n) is 2.49. The third kappa shape index (κ3) is 3.59. The van der Waals surface area contributed by atoms with Crippen molar-refractivity contribution >= 4 is 0 Å². The Labute approximate surface area is 132 Å². The minimum absolute atomic E-state index is 0.804. The van der Waals surface area contributed by atoms with Gasteiger partial charge in [0.05, 0.1) is 14.2 Å². The molecule has 0 bridgehead atoms. The van der Waals surface area contributed by atoms with Crippen LogP contribution < -0.4 is 9.47 Å². The number of ether oxygens (including phenoxy) is 2. The lowest BCUT2D eigenvalue weighted by Crippen LogP contribution is -1.93. The third-order valence-electron chi connectivity index (χ3n) is 3.54. The largest absolute Gasteiger partial charge is 0.497 e. The second kappa shape index (κ2) is 7.51. The van der Waals surface area contributed by atoms with E-state index in [9.17, 15) is 0 Å². The SMILES string of the molecule is C=CCc1cc(OC)cc(-c2cc(CC=C)ccc2OC)c1. The highest BCUT2D eigenvalue weighted by atomic mass is 16.5. The van der Waals surface area contributed by atoms with Crippen LogP contribution in [0.15, 0.2) is 61.7 Å². The molecule has 0 unspecified atom stereocenters. The van der Waals surface area contributed by atoms with E-state index in [0.717, 1.165) is 35.5 Å². The van der Waals surface area contributed by atoms with Gasteiger partial charge in [-0.2, -0.15) is 0 Å². The molecule has 0 N–H and O–H groups in total. The number of benzene rings is 2. The van der Waals surface area contributed by atoms with Crippen molar-refractivity contribution in [2.75, 3.05) is 14.2 Å². The molecule has 0 aliphatic rings. The number of allylic oxidation sites excluding steroid dienone is 2. The van der Waals surface area contributed by atoms with Crippen molar-refractivity contribution in [3.05, 3.63) is 72.8 Å². The molecule has 114 valence electrons. The minimum atomic E-state index is 0.804. The van der Waals surface area contributed by atoms with E-state index in [1.54, 1.807) is 14.2 Å². The van der Waals surface area contributed by atoms with Crippen LogP contribution >= 0.6 is 0 Å². The quantitative estimate of drug-likeness (QED) is 0.681. The minimum Gasteiger partial charge on any atom is -0.497 e. The maximum Gasteiger partial charge on any atom is 0.126 e. The molecule has 2 rings (SSSR count). The zero-order valence-electron chi connectivity index (χ0n) is 13.3. The molecule has 0 aliphatic heterocycles. The van der Waals surface area contributed by atoms with Crippen LogP contribution in [0.2, 0.25) is 0 Å². The van der Waals surface area contributed by atoms with Gasteiger partial charge in [0.1, 0.15) is 11.5 Å². The molecule has 0 aliphatic carbocycles. The van der Waals surface area contributed by atoms with E-state index < -0.39 is 0 Å². The van der Waals surface area contributed by atoms with Gasteiger partial charge in [-0.1, -0.05) is 24.3 Å². The normalized spacial score (nSPS) is 10.1. The Morgan fingerprint density at radius 1 is 0.864 bits per heavy atom. The number of hydrogen-bond acceptors (Lipinski definition) is 2. The summed E-state index contributed by atoms with van der Waals surface area (Å²) in [5.41, 5.74) is 4.52. The first-order valence-electron chi connectivity index (χ1n) is 7.28. The van der Waals surface area contributed by atoms with Crippen LogP contribution in [0.5, 0.6) is 11.5 Å². The second-order valence-electron chi connectivity index (χ2n) is 5.09. The van der Waals surface area contributed by atoms with Crippen LogP contribution in [0.4, 0.5) is 0 Å². The van der Waals surface area contributed by atoms with Gasteiger partial charge in [0.15, 0.2) is 0 Å². The molecule has 0 saturated carbocycles. The molecular formula is C20H22O2. The topological polar surface area (TPSA) is 18.5 Å². The molecule has 2 heteroatoms. The number of rotatable bonds is 7. The molecule has 0 atom stereocenters. The van der Waals surface area contributed by atoms with E-state index in [2.05, 4.69) is 31.4 Å². The van der Waals surface area contributed by atoms with E-state index in [1.807, 2.05) is 30.4 Å². The Morgan fingerprint density at radius 3 is 2.23 bits per heavy atom. The Hall–Kier alpha value is -2.48. The van der Waals surface area contributed by atoms with E-state index in [0.29, 0.717) is 0 Å². The Balaban J connectivity index is 2.57. The van der Waals surface area contributed by atoms with E-state index in [4.69, 9.17) is 9.47 Å². The molecule has 22 heavy (non-hydrogen) atoms. The molecule has 2 aromatic rings. The molecule has 0 aromatic heterocycles. The molecule has 0 fully saturated rings. The summed E-state index contributed by atoms with van der Waals surface area (Å²) < 4.78 is 10.9. The van der Waals surface area contributed by atoms with Crippen molar-refractivity contribution in [1.29, 1.82) is 0 Å². The standard InChI is InChI=1S/C20H22O2/c1-5-7-15-9-10-20(22-4)19(13-15)17-11-16(8-6-2)12-18(14-17)21-3/h5-6,9-14H,1-2,7-8H2,3-4H3. The van der Waals surface area contributed by atoms with E-state index in [-0.39, 0.29) is 0 Å². The number of hydrogen-bond donors (Lipinski definition) is 0. The van der Waals surface area contributed by atoms with Crippen LogP contribution in [0, 0.1) is 0 Å². The van der Waals surface area contributed by atoms with Crippen molar-refractivity contribution in [1.82, 2.24) is 0 Å². The van der Waals surface area contributed by atoms with Gasteiger partial charge in [-0.25, -0.2) is 0 Å². The van der Waals surface area contributed by atoms with Gasteiger partial charge in [0.2, 0.25) is 0 Å². The summed E-state index contributed by atoms with van der Waals surface area (Å²) in [6.07, 6.45) is 5.43. The lowest BCUT2D eigenvalue weighted by atomic mass is 9.97. The smallest absolute Gasteiger partial charge is 0.126 e. The summed E-state index contributed by atoms with van der Waals surface area (Å²) in [6, 6.07) is 12.4. The van der Waals surface area contributed by atoms with Crippen LogP contribution in [0.1, 0.15) is 11.1 Å². The number of methoxy groups -OCH3 is 2. The molecule has 2 aromatic carbocycles.